The van der Waals surface area contributed by atoms with Gasteiger partial charge in [0.2, 0.25) is 6.41 Å². The quantitative estimate of drug-likeness (QED) is 0.622. The van der Waals surface area contributed by atoms with Crippen molar-refractivity contribution >= 4 is 16.3 Å². The average Bonchev–Trinajstić information content (AvgIpc) is 3.29. The van der Waals surface area contributed by atoms with Crippen LogP contribution < -0.4 is 10.0 Å². The summed E-state index contributed by atoms with van der Waals surface area (Å²) in [4.78, 5) is 11.3. The second kappa shape index (κ2) is 9.85. The molecule has 0 bridgehead atoms. The van der Waals surface area contributed by atoms with Gasteiger partial charge in [-0.2, -0.15) is 0 Å². The van der Waals surface area contributed by atoms with E-state index in [1.165, 1.54) is 48.6 Å². The van der Waals surface area contributed by atoms with E-state index in [1.54, 1.807) is 12.1 Å². The molecule has 0 radical (unpaired) electrons. The number of rotatable bonds is 5. The first-order valence-electron chi connectivity index (χ1n) is 9.64. The largest absolute Gasteiger partial charge is 0.328 e. The van der Waals surface area contributed by atoms with Crippen LogP contribution in [0.15, 0.2) is 63.7 Å². The van der Waals surface area contributed by atoms with Crippen molar-refractivity contribution in [1.82, 2.24) is 10.0 Å². The van der Waals surface area contributed by atoms with Crippen molar-refractivity contribution in [3.8, 4) is 0 Å². The molecule has 0 saturated heterocycles. The third-order valence-electron chi connectivity index (χ3n) is 5.27. The summed E-state index contributed by atoms with van der Waals surface area (Å²) in [6.45, 7) is 8.23. The van der Waals surface area contributed by atoms with Crippen LogP contribution in [0.2, 0.25) is 0 Å². The van der Waals surface area contributed by atoms with Gasteiger partial charge in [-0.3, -0.25) is 4.79 Å². The first-order valence-corrected chi connectivity index (χ1v) is 11.2. The van der Waals surface area contributed by atoms with E-state index in [9.17, 15) is 9.00 Å². The van der Waals surface area contributed by atoms with Gasteiger partial charge in [-0.15, -0.1) is 0 Å². The summed E-state index contributed by atoms with van der Waals surface area (Å²) in [6, 6.07) is 7.12. The molecule has 152 valence electrons. The first-order chi connectivity index (χ1) is 13.3. The van der Waals surface area contributed by atoms with Gasteiger partial charge >= 0.3 is 0 Å². The number of carbonyl (C=O) groups is 1. The van der Waals surface area contributed by atoms with Crippen LogP contribution in [-0.4, -0.2) is 17.7 Å². The summed E-state index contributed by atoms with van der Waals surface area (Å²) in [6.07, 6.45) is 7.58. The summed E-state index contributed by atoms with van der Waals surface area (Å²) in [5, 5.41) is 2.91. The van der Waals surface area contributed by atoms with E-state index in [4.69, 9.17) is 4.78 Å². The Bertz CT molecular complexity index is 894. The molecular formula is C22H31N3O2S. The molecule has 5 nitrogen and oxygen atoms in total. The van der Waals surface area contributed by atoms with Gasteiger partial charge in [0.05, 0.1) is 4.90 Å². The Morgan fingerprint density at radius 2 is 1.75 bits per heavy atom. The fraction of sp³-hybridized carbons (Fsp3) is 0.409. The Kier molecular flexibility index (Phi) is 7.78. The SMILES string of the molecule is C=C1CCC/C1=C(\NC=O)C1=C(C)CCC1.CNS(=N)(=O)c1ccc(C)cc1. The van der Waals surface area contributed by atoms with E-state index in [2.05, 4.69) is 23.5 Å². The van der Waals surface area contributed by atoms with Crippen molar-refractivity contribution in [2.45, 2.75) is 57.3 Å². The molecule has 0 aromatic heterocycles. The van der Waals surface area contributed by atoms with Crippen LogP contribution in [-0.2, 0) is 14.7 Å². The lowest BCUT2D eigenvalue weighted by atomic mass is 10.0. The Morgan fingerprint density at radius 3 is 2.21 bits per heavy atom. The summed E-state index contributed by atoms with van der Waals surface area (Å²) < 4.78 is 21.3. The summed E-state index contributed by atoms with van der Waals surface area (Å²) in [5.74, 6) is 0. The topological polar surface area (TPSA) is 82.1 Å². The third-order valence-corrected chi connectivity index (χ3v) is 6.78. The summed E-state index contributed by atoms with van der Waals surface area (Å²) in [7, 11) is -1.24. The van der Waals surface area contributed by atoms with Crippen LogP contribution in [0.25, 0.3) is 0 Å². The third kappa shape index (κ3) is 5.42. The Hall–Kier alpha value is -2.18. The molecule has 0 aliphatic heterocycles. The molecule has 1 saturated carbocycles. The van der Waals surface area contributed by atoms with E-state index < -0.39 is 9.92 Å². The van der Waals surface area contributed by atoms with Gasteiger partial charge in [-0.05, 0) is 88.3 Å². The van der Waals surface area contributed by atoms with Gasteiger partial charge in [0, 0.05) is 5.70 Å². The van der Waals surface area contributed by atoms with Crippen LogP contribution in [0.4, 0.5) is 0 Å². The van der Waals surface area contributed by atoms with Crippen LogP contribution in [0.3, 0.4) is 0 Å². The Labute approximate surface area is 169 Å². The minimum Gasteiger partial charge on any atom is -0.328 e. The highest BCUT2D eigenvalue weighted by Gasteiger charge is 2.22. The molecule has 1 unspecified atom stereocenters. The molecule has 0 spiro atoms. The lowest BCUT2D eigenvalue weighted by molar-refractivity contribution is -0.108. The number of hydrogen-bond acceptors (Lipinski definition) is 3. The van der Waals surface area contributed by atoms with Gasteiger partial charge < -0.3 is 5.32 Å². The maximum Gasteiger partial charge on any atom is 0.211 e. The van der Waals surface area contributed by atoms with Gasteiger partial charge in [0.15, 0.2) is 0 Å². The molecule has 1 amide bonds. The number of hydrogen-bond donors (Lipinski definition) is 3. The molecule has 3 N–H and O–H groups in total. The van der Waals surface area contributed by atoms with E-state index in [1.807, 2.05) is 19.1 Å². The van der Waals surface area contributed by atoms with E-state index in [0.29, 0.717) is 4.90 Å². The van der Waals surface area contributed by atoms with E-state index >= 15 is 0 Å². The number of benzene rings is 1. The van der Waals surface area contributed by atoms with Crippen molar-refractivity contribution < 1.29 is 9.00 Å². The van der Waals surface area contributed by atoms with Gasteiger partial charge in [-0.25, -0.2) is 13.7 Å². The van der Waals surface area contributed by atoms with Crippen LogP contribution >= 0.6 is 0 Å². The molecule has 2 aliphatic carbocycles. The molecule has 1 aromatic rings. The fourth-order valence-corrected chi connectivity index (χ4v) is 4.36. The van der Waals surface area contributed by atoms with Crippen molar-refractivity contribution in [2.75, 3.05) is 7.05 Å². The lowest BCUT2D eigenvalue weighted by Gasteiger charge is -2.13. The molecule has 1 atom stereocenters. The number of allylic oxidation sites excluding steroid dienone is 4. The standard InChI is InChI=1S/C14H19NO.C8H12N2OS/c1-10-5-3-7-12(10)14(15-9-16)13-8-4-6-11(13)2;1-7-3-5-8(6-4-7)12(9,11)10-2/h9H,1,3-8H2,2H3,(H,15,16);3-6H,1-2H3,(H2,9,10,11)/b14-12+;. The zero-order valence-corrected chi connectivity index (χ0v) is 17.9. The van der Waals surface area contributed by atoms with Gasteiger partial charge in [-0.1, -0.05) is 29.8 Å². The predicted molar refractivity (Wildman–Crippen MR) is 115 cm³/mol. The molecule has 2 aliphatic rings. The predicted octanol–water partition coefficient (Wildman–Crippen LogP) is 4.76. The highest BCUT2D eigenvalue weighted by Crippen LogP contribution is 2.37. The monoisotopic (exact) mass is 401 g/mol. The Morgan fingerprint density at radius 1 is 1.11 bits per heavy atom. The van der Waals surface area contributed by atoms with Crippen molar-refractivity contribution in [3.05, 3.63) is 64.4 Å². The van der Waals surface area contributed by atoms with E-state index in [-0.39, 0.29) is 0 Å². The zero-order chi connectivity index (χ0) is 20.7. The maximum atomic E-state index is 11.4. The lowest BCUT2D eigenvalue weighted by Crippen LogP contribution is -2.16. The minimum atomic E-state index is -2.76. The van der Waals surface area contributed by atoms with Gasteiger partial charge in [0.25, 0.3) is 0 Å². The molecule has 3 rings (SSSR count). The minimum absolute atomic E-state index is 0.524. The first kappa shape index (κ1) is 22.1. The smallest absolute Gasteiger partial charge is 0.211 e. The Balaban J connectivity index is 0.000000209. The number of carbonyl (C=O) groups excluding carboxylic acids is 1. The van der Waals surface area contributed by atoms with Crippen LogP contribution in [0.1, 0.15) is 51.0 Å². The molecule has 1 aromatic carbocycles. The van der Waals surface area contributed by atoms with Crippen molar-refractivity contribution in [3.63, 3.8) is 0 Å². The maximum absolute atomic E-state index is 11.4. The zero-order valence-electron chi connectivity index (χ0n) is 17.1. The highest BCUT2D eigenvalue weighted by atomic mass is 32.2. The molecular weight excluding hydrogens is 370 g/mol. The van der Waals surface area contributed by atoms with Crippen molar-refractivity contribution in [2.24, 2.45) is 0 Å². The highest BCUT2D eigenvalue weighted by molar-refractivity contribution is 7.90. The molecule has 28 heavy (non-hydrogen) atoms. The molecule has 1 fully saturated rings. The van der Waals surface area contributed by atoms with Gasteiger partial charge in [0.1, 0.15) is 9.92 Å². The summed E-state index contributed by atoms with van der Waals surface area (Å²) >= 11 is 0. The number of aryl methyl sites for hydroxylation is 1. The second-order valence-corrected chi connectivity index (χ2v) is 9.25. The van der Waals surface area contributed by atoms with E-state index in [0.717, 1.165) is 36.9 Å². The number of nitrogens with one attached hydrogen (secondary N) is 3. The average molecular weight is 402 g/mol. The molecule has 0 heterocycles. The normalized spacial score (nSPS) is 20.3. The fourth-order valence-electron chi connectivity index (χ4n) is 3.60. The van der Waals surface area contributed by atoms with Crippen molar-refractivity contribution in [1.29, 1.82) is 4.78 Å². The summed E-state index contributed by atoms with van der Waals surface area (Å²) in [5.41, 5.74) is 7.43. The van der Waals surface area contributed by atoms with Crippen LogP contribution in [0.5, 0.6) is 0 Å². The number of amides is 1. The second-order valence-electron chi connectivity index (χ2n) is 7.26. The molecule has 6 heteroatoms. The van der Waals surface area contributed by atoms with Crippen LogP contribution in [0, 0.1) is 11.7 Å².